The average molecular weight is 386 g/mol. The topological polar surface area (TPSA) is 28.2 Å². The van der Waals surface area contributed by atoms with Crippen molar-refractivity contribution < 1.29 is 4.39 Å². The molecule has 1 aromatic heterocycles. The van der Waals surface area contributed by atoms with E-state index in [4.69, 9.17) is 0 Å². The van der Waals surface area contributed by atoms with Crippen LogP contribution in [0.5, 0.6) is 0 Å². The van der Waals surface area contributed by atoms with Crippen LogP contribution in [0.2, 0.25) is 0 Å². The van der Waals surface area contributed by atoms with Crippen LogP contribution in [0.3, 0.4) is 0 Å². The number of pyridine rings is 1. The van der Waals surface area contributed by atoms with Gasteiger partial charge in [0, 0.05) is 31.5 Å². The van der Waals surface area contributed by atoms with E-state index in [0.29, 0.717) is 24.6 Å². The Morgan fingerprint density at radius 3 is 2.71 bits per heavy atom. The maximum absolute atomic E-state index is 14.3. The molecule has 0 atom stereocenters. The summed E-state index contributed by atoms with van der Waals surface area (Å²) in [5.74, 6) is 0.469. The number of rotatable bonds is 10. The molecule has 154 valence electrons. The van der Waals surface area contributed by atoms with Crippen LogP contribution in [0, 0.1) is 11.7 Å². The molecular formula is C24H36FN3. The van der Waals surface area contributed by atoms with E-state index in [1.165, 1.54) is 16.8 Å². The predicted octanol–water partition coefficient (Wildman–Crippen LogP) is 5.40. The van der Waals surface area contributed by atoms with Gasteiger partial charge in [-0.15, -0.1) is 0 Å². The number of halogens is 1. The average Bonchev–Trinajstić information content (AvgIpc) is 2.95. The fraction of sp³-hybridized carbons (Fsp3) is 0.542. The zero-order valence-electron chi connectivity index (χ0n) is 18.2. The second kappa shape index (κ2) is 11.2. The van der Waals surface area contributed by atoms with E-state index in [0.717, 1.165) is 37.9 Å². The summed E-state index contributed by atoms with van der Waals surface area (Å²) in [5, 5.41) is 3.30. The molecule has 1 N–H and O–H groups in total. The Morgan fingerprint density at radius 1 is 1.32 bits per heavy atom. The minimum Gasteiger partial charge on any atom is -0.363 e. The van der Waals surface area contributed by atoms with Gasteiger partial charge in [0.2, 0.25) is 0 Å². The van der Waals surface area contributed by atoms with Gasteiger partial charge in [-0.2, -0.15) is 0 Å². The first kappa shape index (κ1) is 22.4. The number of nitrogens with zero attached hydrogens (tertiary/aromatic N) is 2. The van der Waals surface area contributed by atoms with E-state index in [1.54, 1.807) is 6.07 Å². The molecule has 0 aromatic carbocycles. The normalized spacial score (nSPS) is 16.4. The molecule has 2 rings (SSSR count). The van der Waals surface area contributed by atoms with Crippen LogP contribution < -0.4 is 5.32 Å². The van der Waals surface area contributed by atoms with E-state index in [9.17, 15) is 4.39 Å². The molecular weight excluding hydrogens is 349 g/mol. The molecule has 0 spiro atoms. The van der Waals surface area contributed by atoms with E-state index in [-0.39, 0.29) is 5.82 Å². The summed E-state index contributed by atoms with van der Waals surface area (Å²) in [4.78, 5) is 6.71. The molecule has 0 amide bonds. The molecule has 0 radical (unpaired) electrons. The zero-order chi connectivity index (χ0) is 20.5. The Labute approximate surface area is 170 Å². The summed E-state index contributed by atoms with van der Waals surface area (Å²) in [7, 11) is 1.99. The lowest BCUT2D eigenvalue weighted by Crippen LogP contribution is -2.22. The van der Waals surface area contributed by atoms with Crippen LogP contribution in [-0.2, 0) is 13.0 Å². The minimum absolute atomic E-state index is 0.181. The van der Waals surface area contributed by atoms with Crippen molar-refractivity contribution in [2.75, 3.05) is 20.1 Å². The second-order valence-corrected chi connectivity index (χ2v) is 7.96. The van der Waals surface area contributed by atoms with Crippen molar-refractivity contribution in [2.45, 2.75) is 59.9 Å². The SMILES string of the molecule is CC/C=C1/C(/C=C\CC(C)C)=C(CNC)CN1Cc1cnc(CCC)c(F)c1. The number of aryl methyl sites for hydroxylation is 1. The Kier molecular flexibility index (Phi) is 8.91. The zero-order valence-corrected chi connectivity index (χ0v) is 18.2. The third kappa shape index (κ3) is 6.03. The van der Waals surface area contributed by atoms with Crippen molar-refractivity contribution >= 4 is 0 Å². The van der Waals surface area contributed by atoms with Gasteiger partial charge in [-0.05, 0) is 55.0 Å². The van der Waals surface area contributed by atoms with Crippen molar-refractivity contribution in [1.82, 2.24) is 15.2 Å². The van der Waals surface area contributed by atoms with Crippen LogP contribution in [0.1, 0.15) is 58.2 Å². The third-order valence-corrected chi connectivity index (χ3v) is 4.89. The monoisotopic (exact) mass is 385 g/mol. The van der Waals surface area contributed by atoms with Gasteiger partial charge < -0.3 is 10.2 Å². The highest BCUT2D eigenvalue weighted by atomic mass is 19.1. The molecule has 0 saturated heterocycles. The summed E-state index contributed by atoms with van der Waals surface area (Å²) < 4.78 is 14.3. The Balaban J connectivity index is 2.24. The van der Waals surface area contributed by atoms with E-state index in [1.807, 2.05) is 20.2 Å². The maximum atomic E-state index is 14.3. The lowest BCUT2D eigenvalue weighted by atomic mass is 10.0. The number of likely N-dealkylation sites (N-methyl/N-ethyl adjacent to an activating group) is 1. The number of hydrogen-bond donors (Lipinski definition) is 1. The second-order valence-electron chi connectivity index (χ2n) is 7.96. The lowest BCUT2D eigenvalue weighted by Gasteiger charge is -2.22. The molecule has 2 heterocycles. The molecule has 3 nitrogen and oxygen atoms in total. The molecule has 0 fully saturated rings. The highest BCUT2D eigenvalue weighted by Gasteiger charge is 2.25. The van der Waals surface area contributed by atoms with Crippen LogP contribution in [0.4, 0.5) is 4.39 Å². The fourth-order valence-electron chi connectivity index (χ4n) is 3.58. The number of aromatic nitrogens is 1. The highest BCUT2D eigenvalue weighted by Crippen LogP contribution is 2.31. The number of allylic oxidation sites excluding steroid dienone is 3. The van der Waals surface area contributed by atoms with Crippen molar-refractivity contribution in [2.24, 2.45) is 5.92 Å². The largest absolute Gasteiger partial charge is 0.363 e. The first-order valence-corrected chi connectivity index (χ1v) is 10.6. The molecule has 1 aliphatic heterocycles. The van der Waals surface area contributed by atoms with E-state index in [2.05, 4.69) is 54.2 Å². The first-order valence-electron chi connectivity index (χ1n) is 10.6. The first-order chi connectivity index (χ1) is 13.5. The van der Waals surface area contributed by atoms with Crippen molar-refractivity contribution in [3.8, 4) is 0 Å². The number of hydrogen-bond acceptors (Lipinski definition) is 3. The lowest BCUT2D eigenvalue weighted by molar-refractivity contribution is 0.388. The van der Waals surface area contributed by atoms with Crippen molar-refractivity contribution in [3.05, 3.63) is 64.4 Å². The van der Waals surface area contributed by atoms with Crippen LogP contribution in [-0.4, -0.2) is 30.0 Å². The molecule has 0 saturated carbocycles. The molecule has 4 heteroatoms. The molecule has 1 aromatic rings. The summed E-state index contributed by atoms with van der Waals surface area (Å²) in [6.45, 7) is 11.1. The van der Waals surface area contributed by atoms with Gasteiger partial charge in [0.1, 0.15) is 5.82 Å². The Hall–Kier alpha value is -1.94. The van der Waals surface area contributed by atoms with Gasteiger partial charge in [-0.25, -0.2) is 4.39 Å². The highest BCUT2D eigenvalue weighted by molar-refractivity contribution is 5.49. The maximum Gasteiger partial charge on any atom is 0.145 e. The molecule has 0 unspecified atom stereocenters. The van der Waals surface area contributed by atoms with Crippen LogP contribution in [0.15, 0.2) is 47.3 Å². The van der Waals surface area contributed by atoms with E-state index >= 15 is 0 Å². The van der Waals surface area contributed by atoms with Crippen molar-refractivity contribution in [1.29, 1.82) is 0 Å². The standard InChI is InChI=1S/C24H36FN3/c1-6-9-23-22(25)13-19(14-27-23)16-28-17-20(15-26-5)21(24(28)10-7-2)12-8-11-18(3)4/h8,10,12-14,18,26H,6-7,9,11,15-17H2,1-5H3/b12-8-,24-10-. The Morgan fingerprint density at radius 2 is 2.11 bits per heavy atom. The van der Waals surface area contributed by atoms with Gasteiger partial charge in [0.25, 0.3) is 0 Å². The predicted molar refractivity (Wildman–Crippen MR) is 117 cm³/mol. The minimum atomic E-state index is -0.181. The van der Waals surface area contributed by atoms with Gasteiger partial charge in [-0.3, -0.25) is 4.98 Å². The van der Waals surface area contributed by atoms with Gasteiger partial charge in [0.05, 0.1) is 5.69 Å². The summed E-state index contributed by atoms with van der Waals surface area (Å²) in [6, 6.07) is 1.66. The summed E-state index contributed by atoms with van der Waals surface area (Å²) in [5.41, 5.74) is 5.45. The molecule has 0 aliphatic carbocycles. The third-order valence-electron chi connectivity index (χ3n) is 4.89. The fourth-order valence-corrected chi connectivity index (χ4v) is 3.58. The molecule has 0 bridgehead atoms. The molecule has 28 heavy (non-hydrogen) atoms. The van der Waals surface area contributed by atoms with Crippen molar-refractivity contribution in [3.63, 3.8) is 0 Å². The van der Waals surface area contributed by atoms with E-state index < -0.39 is 0 Å². The summed E-state index contributed by atoms with van der Waals surface area (Å²) in [6.07, 6.45) is 12.3. The Bertz CT molecular complexity index is 731. The number of nitrogens with one attached hydrogen (secondary N) is 1. The quantitative estimate of drug-likeness (QED) is 0.584. The van der Waals surface area contributed by atoms with Gasteiger partial charge in [-0.1, -0.05) is 52.3 Å². The van der Waals surface area contributed by atoms with Crippen LogP contribution in [0.25, 0.3) is 0 Å². The summed E-state index contributed by atoms with van der Waals surface area (Å²) >= 11 is 0. The smallest absolute Gasteiger partial charge is 0.145 e. The van der Waals surface area contributed by atoms with Gasteiger partial charge in [0.15, 0.2) is 0 Å². The molecule has 1 aliphatic rings. The van der Waals surface area contributed by atoms with Gasteiger partial charge >= 0.3 is 0 Å². The van der Waals surface area contributed by atoms with Crippen LogP contribution >= 0.6 is 0 Å².